The normalized spacial score (nSPS) is 27.7. The van der Waals surface area contributed by atoms with E-state index in [0.717, 1.165) is 24.5 Å². The van der Waals surface area contributed by atoms with E-state index in [-0.39, 0.29) is 18.0 Å². The lowest BCUT2D eigenvalue weighted by Gasteiger charge is -2.19. The van der Waals surface area contributed by atoms with Crippen LogP contribution in [-0.2, 0) is 4.79 Å². The van der Waals surface area contributed by atoms with E-state index >= 15 is 0 Å². The topological polar surface area (TPSA) is 41.1 Å². The van der Waals surface area contributed by atoms with Crippen LogP contribution in [0.25, 0.3) is 0 Å². The Labute approximate surface area is 96.8 Å². The molecule has 3 atom stereocenters. The molecule has 0 radical (unpaired) electrons. The number of carbonyl (C=O) groups excluding carboxylic acids is 1. The number of amides is 1. The predicted molar refractivity (Wildman–Crippen MR) is 66.2 cm³/mol. The summed E-state index contributed by atoms with van der Waals surface area (Å²) in [5.41, 5.74) is 0. The number of hydrogen-bond acceptors (Lipinski definition) is 3. The maximum atomic E-state index is 11.8. The van der Waals surface area contributed by atoms with E-state index in [9.17, 15) is 4.79 Å². The zero-order valence-corrected chi connectivity index (χ0v) is 10.7. The molecular weight excluding hydrogens is 208 g/mol. The molecule has 1 fully saturated rings. The summed E-state index contributed by atoms with van der Waals surface area (Å²) in [4.78, 5) is 11.8. The summed E-state index contributed by atoms with van der Waals surface area (Å²) in [6.45, 7) is 7.31. The third-order valence-electron chi connectivity index (χ3n) is 2.78. The first-order chi connectivity index (χ1) is 7.15. The molecule has 0 aliphatic carbocycles. The molecule has 0 bridgehead atoms. The molecule has 0 spiro atoms. The van der Waals surface area contributed by atoms with Crippen molar-refractivity contribution in [1.29, 1.82) is 0 Å². The van der Waals surface area contributed by atoms with Gasteiger partial charge in [0.2, 0.25) is 5.91 Å². The van der Waals surface area contributed by atoms with Gasteiger partial charge in [0.1, 0.15) is 0 Å². The van der Waals surface area contributed by atoms with Crippen LogP contribution in [0.3, 0.4) is 0 Å². The van der Waals surface area contributed by atoms with Gasteiger partial charge in [-0.05, 0) is 31.6 Å². The molecule has 4 heteroatoms. The minimum Gasteiger partial charge on any atom is -0.351 e. The SMILES string of the molecule is CCSCC(C)NC(=O)C1NCCC1C. The highest BCUT2D eigenvalue weighted by Gasteiger charge is 2.29. The van der Waals surface area contributed by atoms with Gasteiger partial charge in [-0.2, -0.15) is 11.8 Å². The third kappa shape index (κ3) is 4.03. The van der Waals surface area contributed by atoms with Crippen LogP contribution in [0.1, 0.15) is 27.2 Å². The van der Waals surface area contributed by atoms with Gasteiger partial charge >= 0.3 is 0 Å². The van der Waals surface area contributed by atoms with Crippen molar-refractivity contribution < 1.29 is 4.79 Å². The zero-order chi connectivity index (χ0) is 11.3. The largest absolute Gasteiger partial charge is 0.351 e. The van der Waals surface area contributed by atoms with Crippen LogP contribution < -0.4 is 10.6 Å². The highest BCUT2D eigenvalue weighted by molar-refractivity contribution is 7.99. The Bertz CT molecular complexity index is 211. The van der Waals surface area contributed by atoms with Crippen molar-refractivity contribution >= 4 is 17.7 Å². The van der Waals surface area contributed by atoms with Crippen molar-refractivity contribution in [1.82, 2.24) is 10.6 Å². The van der Waals surface area contributed by atoms with E-state index in [2.05, 4.69) is 31.4 Å². The Kier molecular flexibility index (Phi) is 5.47. The molecule has 1 saturated heterocycles. The minimum atomic E-state index is 0.0269. The first-order valence-electron chi connectivity index (χ1n) is 5.76. The van der Waals surface area contributed by atoms with Gasteiger partial charge in [0.05, 0.1) is 6.04 Å². The van der Waals surface area contributed by atoms with E-state index in [1.807, 2.05) is 11.8 Å². The number of thioether (sulfide) groups is 1. The van der Waals surface area contributed by atoms with Crippen molar-refractivity contribution in [2.24, 2.45) is 5.92 Å². The Hall–Kier alpha value is -0.220. The van der Waals surface area contributed by atoms with E-state index in [1.54, 1.807) is 0 Å². The average Bonchev–Trinajstić information content (AvgIpc) is 2.61. The average molecular weight is 230 g/mol. The lowest BCUT2D eigenvalue weighted by Crippen LogP contribution is -2.47. The van der Waals surface area contributed by atoms with E-state index in [4.69, 9.17) is 0 Å². The highest BCUT2D eigenvalue weighted by Crippen LogP contribution is 2.14. The monoisotopic (exact) mass is 230 g/mol. The molecular formula is C11H22N2OS. The van der Waals surface area contributed by atoms with Crippen LogP contribution in [0.15, 0.2) is 0 Å². The molecule has 1 heterocycles. The number of carbonyl (C=O) groups is 1. The summed E-state index contributed by atoms with van der Waals surface area (Å²) in [5, 5.41) is 6.31. The Morgan fingerprint density at radius 2 is 2.40 bits per heavy atom. The first-order valence-corrected chi connectivity index (χ1v) is 6.92. The van der Waals surface area contributed by atoms with Crippen molar-refractivity contribution in [2.75, 3.05) is 18.1 Å². The van der Waals surface area contributed by atoms with Crippen LogP contribution in [-0.4, -0.2) is 36.0 Å². The fraction of sp³-hybridized carbons (Fsp3) is 0.909. The van der Waals surface area contributed by atoms with Gasteiger partial charge in [-0.1, -0.05) is 13.8 Å². The second kappa shape index (κ2) is 6.38. The van der Waals surface area contributed by atoms with Gasteiger partial charge in [0.15, 0.2) is 0 Å². The van der Waals surface area contributed by atoms with Crippen LogP contribution >= 0.6 is 11.8 Å². The van der Waals surface area contributed by atoms with Gasteiger partial charge in [0.25, 0.3) is 0 Å². The second-order valence-electron chi connectivity index (χ2n) is 4.27. The van der Waals surface area contributed by atoms with E-state index < -0.39 is 0 Å². The summed E-state index contributed by atoms with van der Waals surface area (Å²) >= 11 is 1.87. The summed E-state index contributed by atoms with van der Waals surface area (Å²) in [6.07, 6.45) is 1.11. The molecule has 1 amide bonds. The molecule has 0 saturated carbocycles. The Morgan fingerprint density at radius 1 is 1.67 bits per heavy atom. The maximum Gasteiger partial charge on any atom is 0.237 e. The molecule has 0 aromatic carbocycles. The first kappa shape index (κ1) is 12.8. The van der Waals surface area contributed by atoms with Crippen molar-refractivity contribution in [3.63, 3.8) is 0 Å². The second-order valence-corrected chi connectivity index (χ2v) is 5.59. The van der Waals surface area contributed by atoms with Gasteiger partial charge in [-0.25, -0.2) is 0 Å². The summed E-state index contributed by atoms with van der Waals surface area (Å²) in [7, 11) is 0. The van der Waals surface area contributed by atoms with Crippen LogP contribution in [0.5, 0.6) is 0 Å². The molecule has 1 aliphatic heterocycles. The Balaban J connectivity index is 2.28. The van der Waals surface area contributed by atoms with Crippen LogP contribution in [0.4, 0.5) is 0 Å². The summed E-state index contributed by atoms with van der Waals surface area (Å²) in [6, 6.07) is 0.302. The lowest BCUT2D eigenvalue weighted by atomic mass is 10.0. The molecule has 3 nitrogen and oxygen atoms in total. The molecule has 1 rings (SSSR count). The molecule has 0 aromatic rings. The van der Waals surface area contributed by atoms with E-state index in [0.29, 0.717) is 5.92 Å². The minimum absolute atomic E-state index is 0.0269. The van der Waals surface area contributed by atoms with Crippen molar-refractivity contribution in [3.8, 4) is 0 Å². The van der Waals surface area contributed by atoms with Gasteiger partial charge < -0.3 is 10.6 Å². The fourth-order valence-corrected chi connectivity index (χ4v) is 2.53. The van der Waals surface area contributed by atoms with Crippen LogP contribution in [0.2, 0.25) is 0 Å². The predicted octanol–water partition coefficient (Wildman–Crippen LogP) is 1.24. The van der Waals surface area contributed by atoms with Crippen molar-refractivity contribution in [2.45, 2.75) is 39.3 Å². The number of rotatable bonds is 5. The molecule has 1 aliphatic rings. The van der Waals surface area contributed by atoms with Crippen molar-refractivity contribution in [3.05, 3.63) is 0 Å². The standard InChI is InChI=1S/C11H22N2OS/c1-4-15-7-9(3)13-11(14)10-8(2)5-6-12-10/h8-10,12H,4-7H2,1-3H3,(H,13,14). The Morgan fingerprint density at radius 3 is 2.93 bits per heavy atom. The maximum absolute atomic E-state index is 11.8. The van der Waals surface area contributed by atoms with E-state index in [1.165, 1.54) is 0 Å². The molecule has 2 N–H and O–H groups in total. The van der Waals surface area contributed by atoms with Gasteiger partial charge in [-0.15, -0.1) is 0 Å². The molecule has 88 valence electrons. The third-order valence-corrected chi connectivity index (χ3v) is 3.92. The van der Waals surface area contributed by atoms with Crippen LogP contribution in [0, 0.1) is 5.92 Å². The number of hydrogen-bond donors (Lipinski definition) is 2. The fourth-order valence-electron chi connectivity index (χ4n) is 1.85. The smallest absolute Gasteiger partial charge is 0.237 e. The van der Waals surface area contributed by atoms with Gasteiger partial charge in [-0.3, -0.25) is 4.79 Å². The summed E-state index contributed by atoms with van der Waals surface area (Å²) in [5.74, 6) is 2.75. The van der Waals surface area contributed by atoms with Gasteiger partial charge in [0, 0.05) is 11.8 Å². The molecule has 15 heavy (non-hydrogen) atoms. The lowest BCUT2D eigenvalue weighted by molar-refractivity contribution is -0.124. The molecule has 3 unspecified atom stereocenters. The zero-order valence-electron chi connectivity index (χ0n) is 9.88. The highest BCUT2D eigenvalue weighted by atomic mass is 32.2. The molecule has 0 aromatic heterocycles. The quantitative estimate of drug-likeness (QED) is 0.747. The summed E-state index contributed by atoms with van der Waals surface area (Å²) < 4.78 is 0. The number of nitrogens with one attached hydrogen (secondary N) is 2.